The number of hydrogen-bond acceptors (Lipinski definition) is 4. The molecular formula is C23H21N3O3S. The normalized spacial score (nSPS) is 11.8. The zero-order valence-electron chi connectivity index (χ0n) is 16.4. The number of para-hydroxylation sites is 1. The van der Waals surface area contributed by atoms with E-state index in [4.69, 9.17) is 4.74 Å². The Hall–Kier alpha value is -3.58. The van der Waals surface area contributed by atoms with Crippen LogP contribution >= 0.6 is 0 Å². The third-order valence-electron chi connectivity index (χ3n) is 4.76. The van der Waals surface area contributed by atoms with E-state index in [0.29, 0.717) is 12.3 Å². The van der Waals surface area contributed by atoms with Crippen molar-refractivity contribution in [2.45, 2.75) is 11.4 Å². The first-order chi connectivity index (χ1) is 14.6. The fourth-order valence-electron chi connectivity index (χ4n) is 3.26. The van der Waals surface area contributed by atoms with Crippen LogP contribution in [0.1, 0.15) is 11.1 Å². The summed E-state index contributed by atoms with van der Waals surface area (Å²) in [6, 6.07) is 24.3. The topological polar surface area (TPSA) is 72.7 Å². The van der Waals surface area contributed by atoms with Crippen molar-refractivity contribution in [3.63, 3.8) is 0 Å². The molecule has 4 rings (SSSR count). The monoisotopic (exact) mass is 419 g/mol. The first-order valence-corrected chi connectivity index (χ1v) is 10.9. The number of methoxy groups -OCH3 is 1. The summed E-state index contributed by atoms with van der Waals surface area (Å²) in [6.45, 7) is 0.715. The molecule has 152 valence electrons. The fraction of sp³-hybridized carbons (Fsp3) is 0.0870. The molecule has 1 aromatic heterocycles. The highest BCUT2D eigenvalue weighted by atomic mass is 32.2. The third-order valence-corrected chi connectivity index (χ3v) is 6.00. The van der Waals surface area contributed by atoms with Crippen LogP contribution in [0.15, 0.2) is 95.1 Å². The van der Waals surface area contributed by atoms with E-state index in [1.165, 1.54) is 31.0 Å². The summed E-state index contributed by atoms with van der Waals surface area (Å²) in [5.41, 5.74) is 3.07. The SMILES string of the molecule is COc1ccc(S(=O)(=O)N/N=C/c2cn(Cc3ccccc3)c3ccccc23)cc1. The van der Waals surface area contributed by atoms with Crippen LogP contribution in [0.25, 0.3) is 10.9 Å². The zero-order valence-corrected chi connectivity index (χ0v) is 17.2. The number of aromatic nitrogens is 1. The van der Waals surface area contributed by atoms with Crippen molar-refractivity contribution < 1.29 is 13.2 Å². The van der Waals surface area contributed by atoms with Gasteiger partial charge in [0.15, 0.2) is 0 Å². The molecule has 7 heteroatoms. The van der Waals surface area contributed by atoms with Crippen LogP contribution in [0, 0.1) is 0 Å². The van der Waals surface area contributed by atoms with Gasteiger partial charge < -0.3 is 9.30 Å². The number of fused-ring (bicyclic) bond motifs is 1. The Bertz CT molecular complexity index is 1280. The van der Waals surface area contributed by atoms with E-state index in [0.717, 1.165) is 16.5 Å². The minimum absolute atomic E-state index is 0.118. The summed E-state index contributed by atoms with van der Waals surface area (Å²) in [5.74, 6) is 0.587. The number of benzene rings is 3. The summed E-state index contributed by atoms with van der Waals surface area (Å²) >= 11 is 0. The quantitative estimate of drug-likeness (QED) is 0.363. The Morgan fingerprint density at radius 1 is 0.967 bits per heavy atom. The lowest BCUT2D eigenvalue weighted by atomic mass is 10.2. The molecule has 30 heavy (non-hydrogen) atoms. The summed E-state index contributed by atoms with van der Waals surface area (Å²) in [6.07, 6.45) is 3.51. The van der Waals surface area contributed by atoms with E-state index in [1.807, 2.05) is 48.7 Å². The highest BCUT2D eigenvalue weighted by Gasteiger charge is 2.13. The van der Waals surface area contributed by atoms with Crippen molar-refractivity contribution in [3.8, 4) is 5.75 Å². The molecule has 0 atom stereocenters. The lowest BCUT2D eigenvalue weighted by molar-refractivity contribution is 0.414. The molecule has 0 amide bonds. The predicted molar refractivity (Wildman–Crippen MR) is 118 cm³/mol. The zero-order chi connectivity index (χ0) is 21.0. The maximum atomic E-state index is 12.5. The standard InChI is InChI=1S/C23H21N3O3S/c1-29-20-11-13-21(14-12-20)30(27,28)25-24-15-19-17-26(16-18-7-3-2-4-8-18)23-10-6-5-9-22(19)23/h2-15,17,25H,16H2,1H3/b24-15+. The summed E-state index contributed by atoms with van der Waals surface area (Å²) < 4.78 is 32.1. The van der Waals surface area contributed by atoms with E-state index in [1.54, 1.807) is 12.1 Å². The number of sulfonamides is 1. The molecule has 0 radical (unpaired) electrons. The maximum Gasteiger partial charge on any atom is 0.276 e. The average molecular weight is 420 g/mol. The van der Waals surface area contributed by atoms with E-state index in [-0.39, 0.29) is 4.90 Å². The van der Waals surface area contributed by atoms with Gasteiger partial charge in [-0.1, -0.05) is 48.5 Å². The first-order valence-electron chi connectivity index (χ1n) is 9.37. The van der Waals surface area contributed by atoms with Gasteiger partial charge in [0, 0.05) is 29.2 Å². The van der Waals surface area contributed by atoms with Crippen LogP contribution in [0.5, 0.6) is 5.75 Å². The Balaban J connectivity index is 1.58. The Morgan fingerprint density at radius 3 is 2.40 bits per heavy atom. The van der Waals surface area contributed by atoms with Crippen LogP contribution in [0.2, 0.25) is 0 Å². The van der Waals surface area contributed by atoms with Gasteiger partial charge in [-0.15, -0.1) is 0 Å². The van der Waals surface area contributed by atoms with Gasteiger partial charge in [0.2, 0.25) is 0 Å². The molecule has 1 heterocycles. The van der Waals surface area contributed by atoms with Crippen LogP contribution in [-0.4, -0.2) is 26.3 Å². The van der Waals surface area contributed by atoms with Crippen molar-refractivity contribution >= 4 is 27.1 Å². The second-order valence-electron chi connectivity index (χ2n) is 6.74. The highest BCUT2D eigenvalue weighted by Crippen LogP contribution is 2.21. The lowest BCUT2D eigenvalue weighted by Crippen LogP contribution is -2.18. The molecule has 0 saturated heterocycles. The van der Waals surface area contributed by atoms with E-state index >= 15 is 0 Å². The molecule has 0 fully saturated rings. The van der Waals surface area contributed by atoms with Crippen molar-refractivity contribution in [2.75, 3.05) is 7.11 Å². The number of nitrogens with one attached hydrogen (secondary N) is 1. The number of rotatable bonds is 7. The Labute approximate surface area is 175 Å². The number of hydrogen-bond donors (Lipinski definition) is 1. The minimum Gasteiger partial charge on any atom is -0.497 e. The van der Waals surface area contributed by atoms with Gasteiger partial charge in [-0.25, -0.2) is 4.83 Å². The number of ether oxygens (including phenoxy) is 1. The predicted octanol–water partition coefficient (Wildman–Crippen LogP) is 4.01. The second kappa shape index (κ2) is 8.42. The largest absolute Gasteiger partial charge is 0.497 e. The number of hydrazone groups is 1. The minimum atomic E-state index is -3.76. The lowest BCUT2D eigenvalue weighted by Gasteiger charge is -2.05. The number of nitrogens with zero attached hydrogens (tertiary/aromatic N) is 2. The molecule has 4 aromatic rings. The molecular weight excluding hydrogens is 398 g/mol. The molecule has 0 unspecified atom stereocenters. The van der Waals surface area contributed by atoms with Crippen LogP contribution in [0.4, 0.5) is 0 Å². The highest BCUT2D eigenvalue weighted by molar-refractivity contribution is 7.89. The van der Waals surface area contributed by atoms with Crippen LogP contribution in [-0.2, 0) is 16.6 Å². The molecule has 0 aliphatic heterocycles. The van der Waals surface area contributed by atoms with Crippen molar-refractivity contribution in [1.29, 1.82) is 0 Å². The second-order valence-corrected chi connectivity index (χ2v) is 8.40. The van der Waals surface area contributed by atoms with Gasteiger partial charge in [0.05, 0.1) is 18.2 Å². The van der Waals surface area contributed by atoms with E-state index in [9.17, 15) is 8.42 Å². The van der Waals surface area contributed by atoms with Gasteiger partial charge in [0.25, 0.3) is 10.0 Å². The summed E-state index contributed by atoms with van der Waals surface area (Å²) in [7, 11) is -2.23. The van der Waals surface area contributed by atoms with Gasteiger partial charge in [-0.05, 0) is 35.9 Å². The van der Waals surface area contributed by atoms with Gasteiger partial charge in [-0.3, -0.25) is 0 Å². The van der Waals surface area contributed by atoms with Gasteiger partial charge in [0.1, 0.15) is 5.75 Å². The van der Waals surface area contributed by atoms with Crippen LogP contribution < -0.4 is 9.57 Å². The van der Waals surface area contributed by atoms with Crippen LogP contribution in [0.3, 0.4) is 0 Å². The summed E-state index contributed by atoms with van der Waals surface area (Å²) in [4.78, 5) is 2.39. The first kappa shape index (κ1) is 19.7. The van der Waals surface area contributed by atoms with Crippen molar-refractivity contribution in [1.82, 2.24) is 9.40 Å². The molecule has 3 aromatic carbocycles. The van der Waals surface area contributed by atoms with Gasteiger partial charge >= 0.3 is 0 Å². The molecule has 0 spiro atoms. The van der Waals surface area contributed by atoms with Crippen molar-refractivity contribution in [2.24, 2.45) is 5.10 Å². The molecule has 1 N–H and O–H groups in total. The molecule has 0 bridgehead atoms. The Morgan fingerprint density at radius 2 is 1.67 bits per heavy atom. The maximum absolute atomic E-state index is 12.5. The van der Waals surface area contributed by atoms with E-state index in [2.05, 4.69) is 26.6 Å². The molecule has 6 nitrogen and oxygen atoms in total. The Kier molecular flexibility index (Phi) is 5.54. The van der Waals surface area contributed by atoms with Gasteiger partial charge in [-0.2, -0.15) is 13.5 Å². The smallest absolute Gasteiger partial charge is 0.276 e. The van der Waals surface area contributed by atoms with E-state index < -0.39 is 10.0 Å². The molecule has 0 saturated carbocycles. The fourth-order valence-corrected chi connectivity index (χ4v) is 4.05. The molecule has 0 aliphatic carbocycles. The summed E-state index contributed by atoms with van der Waals surface area (Å²) in [5, 5.41) is 5.00. The molecule has 0 aliphatic rings. The average Bonchev–Trinajstić information content (AvgIpc) is 3.12. The third kappa shape index (κ3) is 4.21. The van der Waals surface area contributed by atoms with Crippen molar-refractivity contribution in [3.05, 3.63) is 96.2 Å².